The zero-order valence-electron chi connectivity index (χ0n) is 14.0. The standard InChI is InChI=1S/C17H16ClNO6S/c1-19-26(22,23)13-5-3-4-12(8-13)17(21)25-10-15(20)11-6-7-16(24-2)14(18)9-11/h3-9,19H,10H2,1-2H3. The lowest BCUT2D eigenvalue weighted by atomic mass is 10.1. The zero-order valence-corrected chi connectivity index (χ0v) is 15.6. The summed E-state index contributed by atoms with van der Waals surface area (Å²) in [6.45, 7) is -0.509. The minimum atomic E-state index is -3.69. The lowest BCUT2D eigenvalue weighted by molar-refractivity contribution is 0.0474. The van der Waals surface area contributed by atoms with Crippen molar-refractivity contribution < 1.29 is 27.5 Å². The molecule has 0 saturated heterocycles. The van der Waals surface area contributed by atoms with E-state index >= 15 is 0 Å². The quantitative estimate of drug-likeness (QED) is 0.568. The van der Waals surface area contributed by atoms with Gasteiger partial charge in [0.25, 0.3) is 0 Å². The van der Waals surface area contributed by atoms with Crippen LogP contribution < -0.4 is 9.46 Å². The molecule has 138 valence electrons. The summed E-state index contributed by atoms with van der Waals surface area (Å²) in [5.74, 6) is -0.851. The van der Waals surface area contributed by atoms with Gasteiger partial charge in [-0.15, -0.1) is 0 Å². The second kappa shape index (κ2) is 8.31. The Morgan fingerprint density at radius 3 is 2.46 bits per heavy atom. The van der Waals surface area contributed by atoms with Crippen molar-refractivity contribution in [3.05, 3.63) is 58.6 Å². The highest BCUT2D eigenvalue weighted by Crippen LogP contribution is 2.25. The maximum atomic E-state index is 12.1. The number of nitrogens with one attached hydrogen (secondary N) is 1. The summed E-state index contributed by atoms with van der Waals surface area (Å²) in [5.41, 5.74) is 0.275. The number of ether oxygens (including phenoxy) is 2. The Balaban J connectivity index is 2.08. The smallest absolute Gasteiger partial charge is 0.338 e. The number of halogens is 1. The molecule has 0 aliphatic carbocycles. The third kappa shape index (κ3) is 4.60. The fourth-order valence-electron chi connectivity index (χ4n) is 2.05. The van der Waals surface area contributed by atoms with Crippen LogP contribution in [0.3, 0.4) is 0 Å². The van der Waals surface area contributed by atoms with Gasteiger partial charge >= 0.3 is 5.97 Å². The van der Waals surface area contributed by atoms with Crippen molar-refractivity contribution in [3.63, 3.8) is 0 Å². The second-order valence-electron chi connectivity index (χ2n) is 5.08. The Kier molecular flexibility index (Phi) is 6.36. The molecule has 0 unspecified atom stereocenters. The number of hydrogen-bond acceptors (Lipinski definition) is 6. The topological polar surface area (TPSA) is 98.8 Å². The van der Waals surface area contributed by atoms with E-state index in [9.17, 15) is 18.0 Å². The van der Waals surface area contributed by atoms with Gasteiger partial charge in [-0.1, -0.05) is 17.7 Å². The van der Waals surface area contributed by atoms with E-state index in [1.54, 1.807) is 0 Å². The molecule has 0 amide bonds. The number of rotatable bonds is 7. The van der Waals surface area contributed by atoms with E-state index in [0.29, 0.717) is 5.75 Å². The molecule has 9 heteroatoms. The van der Waals surface area contributed by atoms with E-state index < -0.39 is 28.4 Å². The van der Waals surface area contributed by atoms with Gasteiger partial charge in [0.1, 0.15) is 5.75 Å². The first kappa shape index (κ1) is 19.9. The molecule has 0 aliphatic rings. The summed E-state index contributed by atoms with van der Waals surface area (Å²) in [7, 11) is -0.977. The van der Waals surface area contributed by atoms with Crippen LogP contribution in [0.25, 0.3) is 0 Å². The maximum Gasteiger partial charge on any atom is 0.338 e. The van der Waals surface area contributed by atoms with Crippen LogP contribution in [0.4, 0.5) is 0 Å². The number of hydrogen-bond donors (Lipinski definition) is 1. The van der Waals surface area contributed by atoms with Crippen LogP contribution in [0.2, 0.25) is 5.02 Å². The monoisotopic (exact) mass is 397 g/mol. The van der Waals surface area contributed by atoms with Gasteiger partial charge in [0.05, 0.1) is 22.6 Å². The van der Waals surface area contributed by atoms with Gasteiger partial charge in [0, 0.05) is 5.56 Å². The van der Waals surface area contributed by atoms with Crippen molar-refractivity contribution in [1.82, 2.24) is 4.72 Å². The van der Waals surface area contributed by atoms with Gasteiger partial charge in [0.15, 0.2) is 12.4 Å². The molecular weight excluding hydrogens is 382 g/mol. The van der Waals surface area contributed by atoms with Gasteiger partial charge in [-0.25, -0.2) is 17.9 Å². The molecule has 26 heavy (non-hydrogen) atoms. The Labute approximate surface area is 155 Å². The number of carbonyl (C=O) groups excluding carboxylic acids is 2. The normalized spacial score (nSPS) is 11.0. The molecule has 0 fully saturated rings. The van der Waals surface area contributed by atoms with Crippen molar-refractivity contribution in [3.8, 4) is 5.75 Å². The average molecular weight is 398 g/mol. The van der Waals surface area contributed by atoms with E-state index in [-0.39, 0.29) is 21.0 Å². The molecule has 0 atom stereocenters. The summed E-state index contributed by atoms with van der Waals surface area (Å²) < 4.78 is 35.7. The molecule has 0 saturated carbocycles. The molecule has 0 spiro atoms. The number of esters is 1. The molecular formula is C17H16ClNO6S. The highest BCUT2D eigenvalue weighted by molar-refractivity contribution is 7.89. The van der Waals surface area contributed by atoms with Crippen molar-refractivity contribution in [2.24, 2.45) is 0 Å². The van der Waals surface area contributed by atoms with Crippen molar-refractivity contribution in [1.29, 1.82) is 0 Å². The van der Waals surface area contributed by atoms with E-state index in [1.807, 2.05) is 0 Å². The van der Waals surface area contributed by atoms with E-state index in [0.717, 1.165) is 0 Å². The number of carbonyl (C=O) groups is 2. The molecule has 0 aliphatic heterocycles. The van der Waals surface area contributed by atoms with E-state index in [1.165, 1.54) is 56.6 Å². The van der Waals surface area contributed by atoms with Crippen LogP contribution in [0.15, 0.2) is 47.4 Å². The van der Waals surface area contributed by atoms with Gasteiger partial charge < -0.3 is 9.47 Å². The minimum absolute atomic E-state index is 0.0156. The number of Topliss-reactive ketones (excluding diaryl/α,β-unsaturated/α-hetero) is 1. The van der Waals surface area contributed by atoms with Crippen LogP contribution in [0.5, 0.6) is 5.75 Å². The number of ketones is 1. The first-order valence-corrected chi connectivity index (χ1v) is 9.22. The predicted molar refractivity (Wildman–Crippen MR) is 95.3 cm³/mol. The van der Waals surface area contributed by atoms with Crippen LogP contribution in [0, 0.1) is 0 Å². The largest absolute Gasteiger partial charge is 0.495 e. The molecule has 0 bridgehead atoms. The lowest BCUT2D eigenvalue weighted by Gasteiger charge is -2.08. The summed E-state index contributed by atoms with van der Waals surface area (Å²) in [6, 6.07) is 9.76. The highest BCUT2D eigenvalue weighted by atomic mass is 35.5. The molecule has 7 nitrogen and oxygen atoms in total. The third-order valence-corrected chi connectivity index (χ3v) is 5.16. The summed E-state index contributed by atoms with van der Waals surface area (Å²) in [5, 5.41) is 0.259. The van der Waals surface area contributed by atoms with Crippen LogP contribution in [0.1, 0.15) is 20.7 Å². The van der Waals surface area contributed by atoms with Gasteiger partial charge in [-0.3, -0.25) is 4.79 Å². The fraction of sp³-hybridized carbons (Fsp3) is 0.176. The van der Waals surface area contributed by atoms with Crippen LogP contribution in [-0.4, -0.2) is 40.9 Å². The molecule has 0 heterocycles. The summed E-state index contributed by atoms with van der Waals surface area (Å²) >= 11 is 5.96. The number of methoxy groups -OCH3 is 1. The summed E-state index contributed by atoms with van der Waals surface area (Å²) in [6.07, 6.45) is 0. The fourth-order valence-corrected chi connectivity index (χ4v) is 3.08. The predicted octanol–water partition coefficient (Wildman–Crippen LogP) is 2.30. The Hall–Kier alpha value is -2.42. The van der Waals surface area contributed by atoms with Crippen LogP contribution >= 0.6 is 11.6 Å². The molecule has 2 rings (SSSR count). The average Bonchev–Trinajstić information content (AvgIpc) is 2.65. The summed E-state index contributed by atoms with van der Waals surface area (Å²) in [4.78, 5) is 24.1. The highest BCUT2D eigenvalue weighted by Gasteiger charge is 2.17. The molecule has 0 aromatic heterocycles. The SMILES string of the molecule is CNS(=O)(=O)c1cccc(C(=O)OCC(=O)c2ccc(OC)c(Cl)c2)c1. The number of sulfonamides is 1. The third-order valence-electron chi connectivity index (χ3n) is 3.46. The first-order chi connectivity index (χ1) is 12.3. The Bertz CT molecular complexity index is 942. The van der Waals surface area contributed by atoms with E-state index in [2.05, 4.69) is 4.72 Å². The second-order valence-corrected chi connectivity index (χ2v) is 7.38. The van der Waals surface area contributed by atoms with E-state index in [4.69, 9.17) is 21.1 Å². The van der Waals surface area contributed by atoms with Crippen molar-refractivity contribution in [2.75, 3.05) is 20.8 Å². The lowest BCUT2D eigenvalue weighted by Crippen LogP contribution is -2.19. The minimum Gasteiger partial charge on any atom is -0.495 e. The first-order valence-electron chi connectivity index (χ1n) is 7.36. The van der Waals surface area contributed by atoms with Crippen LogP contribution in [-0.2, 0) is 14.8 Å². The van der Waals surface area contributed by atoms with Gasteiger partial charge in [-0.05, 0) is 43.4 Å². The molecule has 1 N–H and O–H groups in total. The Morgan fingerprint density at radius 1 is 1.12 bits per heavy atom. The Morgan fingerprint density at radius 2 is 1.85 bits per heavy atom. The zero-order chi connectivity index (χ0) is 19.3. The molecule has 0 radical (unpaired) electrons. The molecule has 2 aromatic carbocycles. The maximum absolute atomic E-state index is 12.1. The van der Waals surface area contributed by atoms with Crippen molar-refractivity contribution >= 4 is 33.4 Å². The van der Waals surface area contributed by atoms with Crippen molar-refractivity contribution in [2.45, 2.75) is 4.90 Å². The molecule has 2 aromatic rings. The number of benzene rings is 2. The van der Waals surface area contributed by atoms with Gasteiger partial charge in [-0.2, -0.15) is 0 Å². The van der Waals surface area contributed by atoms with Gasteiger partial charge in [0.2, 0.25) is 10.0 Å².